The van der Waals surface area contributed by atoms with Crippen molar-refractivity contribution in [3.63, 3.8) is 0 Å². The first-order chi connectivity index (χ1) is 9.83. The summed E-state index contributed by atoms with van der Waals surface area (Å²) < 4.78 is 0. The monoisotopic (exact) mass is 291 g/mol. The van der Waals surface area contributed by atoms with Gasteiger partial charge in [0.05, 0.1) is 11.4 Å². The Kier molecular flexibility index (Phi) is 4.97. The van der Waals surface area contributed by atoms with Gasteiger partial charge in [-0.25, -0.2) is 0 Å². The van der Waals surface area contributed by atoms with Crippen LogP contribution in [0.2, 0.25) is 0 Å². The number of aromatic nitrogens is 1. The summed E-state index contributed by atoms with van der Waals surface area (Å²) in [5.41, 5.74) is 2.41. The number of hydrogen-bond donors (Lipinski definition) is 1. The molecule has 0 radical (unpaired) electrons. The number of rotatable bonds is 6. The molecular weight excluding hydrogens is 266 g/mol. The maximum Gasteiger partial charge on any atom is 0.0547 e. The zero-order valence-corrected chi connectivity index (χ0v) is 13.2. The molecule has 1 aliphatic carbocycles. The van der Waals surface area contributed by atoms with Crippen molar-refractivity contribution in [3.8, 4) is 0 Å². The normalized spacial score (nSPS) is 23.9. The van der Waals surface area contributed by atoms with Crippen molar-refractivity contribution in [2.24, 2.45) is 0 Å². The van der Waals surface area contributed by atoms with Gasteiger partial charge in [0.15, 0.2) is 0 Å². The highest BCUT2D eigenvalue weighted by Gasteiger charge is 2.21. The van der Waals surface area contributed by atoms with Gasteiger partial charge < -0.3 is 5.32 Å². The Bertz CT molecular complexity index is 433. The maximum atomic E-state index is 4.81. The summed E-state index contributed by atoms with van der Waals surface area (Å²) in [5, 5.41) is 4.35. The lowest BCUT2D eigenvalue weighted by Crippen LogP contribution is -2.37. The van der Waals surface area contributed by atoms with Gasteiger partial charge in [0.25, 0.3) is 0 Å². The number of thioether (sulfide) groups is 1. The van der Waals surface area contributed by atoms with Crippen LogP contribution in [0.5, 0.6) is 0 Å². The summed E-state index contributed by atoms with van der Waals surface area (Å²) in [5.74, 6) is 1.27. The maximum absolute atomic E-state index is 4.81. The molecule has 0 aromatic carbocycles. The van der Waals surface area contributed by atoms with Crippen LogP contribution in [-0.2, 0) is 13.1 Å². The fourth-order valence-electron chi connectivity index (χ4n) is 2.65. The highest BCUT2D eigenvalue weighted by molar-refractivity contribution is 8.00. The highest BCUT2D eigenvalue weighted by atomic mass is 32.2. The minimum absolute atomic E-state index is 0.755. The molecule has 3 nitrogen and oxygen atoms in total. The summed E-state index contributed by atoms with van der Waals surface area (Å²) in [7, 11) is 0. The van der Waals surface area contributed by atoms with Crippen LogP contribution in [0, 0.1) is 0 Å². The Morgan fingerprint density at radius 2 is 2.20 bits per heavy atom. The van der Waals surface area contributed by atoms with Crippen molar-refractivity contribution < 1.29 is 0 Å². The second-order valence-electron chi connectivity index (χ2n) is 5.91. The molecule has 110 valence electrons. The first-order valence-corrected chi connectivity index (χ1v) is 8.90. The second-order valence-corrected chi connectivity index (χ2v) is 7.32. The van der Waals surface area contributed by atoms with Crippen LogP contribution >= 0.6 is 11.8 Å². The SMILES string of the molecule is CCC1CN(Cc2cccc(CNC3CC3)n2)CCS1. The van der Waals surface area contributed by atoms with Gasteiger partial charge in [0, 0.05) is 43.2 Å². The van der Waals surface area contributed by atoms with E-state index in [1.807, 2.05) is 0 Å². The molecule has 1 saturated heterocycles. The Labute approximate surface area is 126 Å². The van der Waals surface area contributed by atoms with Gasteiger partial charge in [-0.3, -0.25) is 9.88 Å². The van der Waals surface area contributed by atoms with Crippen LogP contribution in [0.3, 0.4) is 0 Å². The van der Waals surface area contributed by atoms with Gasteiger partial charge in [0.1, 0.15) is 0 Å². The fraction of sp³-hybridized carbons (Fsp3) is 0.688. The second kappa shape index (κ2) is 6.92. The Morgan fingerprint density at radius 3 is 3.00 bits per heavy atom. The van der Waals surface area contributed by atoms with Gasteiger partial charge >= 0.3 is 0 Å². The van der Waals surface area contributed by atoms with Crippen LogP contribution < -0.4 is 5.32 Å². The van der Waals surface area contributed by atoms with E-state index in [1.165, 1.54) is 49.5 Å². The van der Waals surface area contributed by atoms with Gasteiger partial charge in [0.2, 0.25) is 0 Å². The van der Waals surface area contributed by atoms with Gasteiger partial charge in [-0.2, -0.15) is 11.8 Å². The van der Waals surface area contributed by atoms with Gasteiger partial charge in [-0.05, 0) is 31.4 Å². The van der Waals surface area contributed by atoms with Gasteiger partial charge in [-0.1, -0.05) is 13.0 Å². The molecule has 0 spiro atoms. The van der Waals surface area contributed by atoms with Crippen LogP contribution in [0.25, 0.3) is 0 Å². The number of hydrogen-bond acceptors (Lipinski definition) is 4. The molecule has 1 saturated carbocycles. The number of pyridine rings is 1. The molecular formula is C16H25N3S. The van der Waals surface area contributed by atoms with E-state index in [4.69, 9.17) is 4.98 Å². The highest BCUT2D eigenvalue weighted by Crippen LogP contribution is 2.22. The summed E-state index contributed by atoms with van der Waals surface area (Å²) in [6, 6.07) is 7.22. The molecule has 0 bridgehead atoms. The largest absolute Gasteiger partial charge is 0.308 e. The zero-order valence-electron chi connectivity index (χ0n) is 12.3. The van der Waals surface area contributed by atoms with Crippen LogP contribution in [-0.4, -0.2) is 40.0 Å². The summed E-state index contributed by atoms with van der Waals surface area (Å²) in [4.78, 5) is 7.37. The predicted octanol–water partition coefficient (Wildman–Crippen LogP) is 2.66. The van der Waals surface area contributed by atoms with Crippen molar-refractivity contribution in [1.29, 1.82) is 0 Å². The average Bonchev–Trinajstić information content (AvgIpc) is 3.30. The lowest BCUT2D eigenvalue weighted by Gasteiger charge is -2.31. The molecule has 1 aliphatic heterocycles. The molecule has 0 amide bonds. The average molecular weight is 291 g/mol. The van der Waals surface area contributed by atoms with E-state index in [0.717, 1.165) is 24.4 Å². The number of nitrogens with zero attached hydrogens (tertiary/aromatic N) is 2. The van der Waals surface area contributed by atoms with E-state index in [9.17, 15) is 0 Å². The van der Waals surface area contributed by atoms with E-state index in [0.29, 0.717) is 0 Å². The molecule has 2 fully saturated rings. The topological polar surface area (TPSA) is 28.2 Å². The molecule has 4 heteroatoms. The van der Waals surface area contributed by atoms with Gasteiger partial charge in [-0.15, -0.1) is 0 Å². The minimum Gasteiger partial charge on any atom is -0.308 e. The summed E-state index contributed by atoms with van der Waals surface area (Å²) in [6.07, 6.45) is 3.95. The predicted molar refractivity (Wildman–Crippen MR) is 85.9 cm³/mol. The zero-order chi connectivity index (χ0) is 13.8. The first kappa shape index (κ1) is 14.4. The minimum atomic E-state index is 0.755. The molecule has 1 N–H and O–H groups in total. The molecule has 20 heavy (non-hydrogen) atoms. The Balaban J connectivity index is 1.54. The third-order valence-electron chi connectivity index (χ3n) is 4.08. The van der Waals surface area contributed by atoms with Crippen molar-refractivity contribution >= 4 is 11.8 Å². The Morgan fingerprint density at radius 1 is 1.35 bits per heavy atom. The third kappa shape index (κ3) is 4.21. The molecule has 2 heterocycles. The van der Waals surface area contributed by atoms with E-state index in [-0.39, 0.29) is 0 Å². The van der Waals surface area contributed by atoms with Crippen molar-refractivity contribution in [2.75, 3.05) is 18.8 Å². The van der Waals surface area contributed by atoms with Crippen LogP contribution in [0.15, 0.2) is 18.2 Å². The lowest BCUT2D eigenvalue weighted by molar-refractivity contribution is 0.270. The van der Waals surface area contributed by atoms with Crippen LogP contribution in [0.4, 0.5) is 0 Å². The number of nitrogens with one attached hydrogen (secondary N) is 1. The summed E-state index contributed by atoms with van der Waals surface area (Å²) >= 11 is 2.13. The molecule has 1 unspecified atom stereocenters. The van der Waals surface area contributed by atoms with E-state index < -0.39 is 0 Å². The quantitative estimate of drug-likeness (QED) is 0.872. The standard InChI is InChI=1S/C16H25N3S/c1-2-16-12-19(8-9-20-16)11-15-5-3-4-14(18-15)10-17-13-6-7-13/h3-5,13,16-17H,2,6-12H2,1H3. The van der Waals surface area contributed by atoms with Crippen molar-refractivity contribution in [3.05, 3.63) is 29.6 Å². The van der Waals surface area contributed by atoms with Crippen molar-refractivity contribution in [2.45, 2.75) is 50.6 Å². The molecule has 3 rings (SSSR count). The molecule has 1 atom stereocenters. The molecule has 2 aliphatic rings. The van der Waals surface area contributed by atoms with Crippen LogP contribution in [0.1, 0.15) is 37.6 Å². The van der Waals surface area contributed by atoms with Crippen molar-refractivity contribution in [1.82, 2.24) is 15.2 Å². The third-order valence-corrected chi connectivity index (χ3v) is 5.45. The lowest BCUT2D eigenvalue weighted by atomic mass is 10.2. The Hall–Kier alpha value is -0.580. The molecule has 1 aromatic heterocycles. The van der Waals surface area contributed by atoms with E-state index in [2.05, 4.69) is 47.1 Å². The first-order valence-electron chi connectivity index (χ1n) is 7.85. The summed E-state index contributed by atoms with van der Waals surface area (Å²) in [6.45, 7) is 6.64. The molecule has 1 aromatic rings. The smallest absolute Gasteiger partial charge is 0.0547 e. The van der Waals surface area contributed by atoms with E-state index in [1.54, 1.807) is 0 Å². The van der Waals surface area contributed by atoms with E-state index >= 15 is 0 Å². The fourth-order valence-corrected chi connectivity index (χ4v) is 3.90.